The van der Waals surface area contributed by atoms with Crippen LogP contribution in [0.4, 0.5) is 0 Å². The highest BCUT2D eigenvalue weighted by Gasteiger charge is 2.14. The maximum Gasteiger partial charge on any atom is 0.499 e. The van der Waals surface area contributed by atoms with Crippen molar-refractivity contribution in [3.05, 3.63) is 65.0 Å². The first kappa shape index (κ1) is 124. The zero-order chi connectivity index (χ0) is 78.4. The maximum absolute atomic E-state index is 8.98. The Bertz CT molecular complexity index is 7700. The van der Waals surface area contributed by atoms with Crippen LogP contribution in [0.3, 0.4) is 0 Å². The lowest BCUT2D eigenvalue weighted by atomic mass is 9.89. The average molecular weight is 3060 g/mol. The van der Waals surface area contributed by atoms with Gasteiger partial charge in [-0.3, -0.25) is 0 Å². The van der Waals surface area contributed by atoms with E-state index in [9.17, 15) is 0 Å². The second-order valence-electron chi connectivity index (χ2n) is 11.0. The third-order valence-electron chi connectivity index (χ3n) is 5.94. The molecule has 4 rings (SSSR count). The molecule has 0 fully saturated rings. The molecule has 0 aliphatic carbocycles. The average Bonchev–Trinajstić information content (AvgIpc) is 1.69. The quantitative estimate of drug-likeness (QED) is 0.266. The first-order chi connectivity index (χ1) is 54.0. The molecule has 4 aromatic rings. The Labute approximate surface area is 882 Å². The maximum atomic E-state index is 8.98. The van der Waals surface area contributed by atoms with Crippen LogP contribution in [0.15, 0.2) is 53.9 Å². The van der Waals surface area contributed by atoms with Crippen molar-refractivity contribution >= 4 is 805 Å². The zero-order valence-corrected chi connectivity index (χ0v) is 119. The van der Waals surface area contributed by atoms with Gasteiger partial charge >= 0.3 is 7.12 Å². The number of rotatable bonds is 1. The summed E-state index contributed by atoms with van der Waals surface area (Å²) in [4.78, 5) is 0. The van der Waals surface area contributed by atoms with Crippen LogP contribution in [0.5, 0.6) is 0 Å². The lowest BCUT2D eigenvalue weighted by molar-refractivity contribution is 0.427. The van der Waals surface area contributed by atoms with Gasteiger partial charge in [0, 0.05) is 765 Å². The first-order valence-corrected chi connectivity index (χ1v) is 135. The van der Waals surface area contributed by atoms with Gasteiger partial charge < -0.3 is 10.0 Å². The van der Waals surface area contributed by atoms with Crippen LogP contribution >= 0.6 is 22.7 Å². The van der Waals surface area contributed by atoms with Crippen molar-refractivity contribution in [2.24, 2.45) is 0 Å². The fraction of sp³-hybridized carbons (Fsp3) is 0.200. The second kappa shape index (κ2) is 107. The molecule has 0 atom stereocenters. The number of thiophene rings is 2. The van der Waals surface area contributed by atoms with Gasteiger partial charge in [-0.15, -0.1) is 22.7 Å². The number of hydrogen-bond acceptors (Lipinski definition) is 6. The normalized spacial score (nSPS) is 8.35. The summed E-state index contributed by atoms with van der Waals surface area (Å²) in [6.45, 7) is 8.17. The molecule has 2 aromatic carbocycles. The molecule has 0 unspecified atom stereocenters. The van der Waals surface area contributed by atoms with Gasteiger partial charge in [-0.1, -0.05) is 50.2 Å². The molecule has 0 aliphatic heterocycles. The summed E-state index contributed by atoms with van der Waals surface area (Å²) in [6, 6.07) is 16.3. The molecule has 0 amide bonds. The molecule has 634 valence electrons. The summed E-state index contributed by atoms with van der Waals surface area (Å²) in [5.41, 5.74) is 2.56. The molecule has 0 saturated heterocycles. The molecule has 0 aliphatic rings. The Hall–Kier alpha value is 16.8. The van der Waals surface area contributed by atoms with E-state index < -0.39 is 7.12 Å². The summed E-state index contributed by atoms with van der Waals surface area (Å²) in [5.74, 6) is 0. The molecule has 2 N–H and O–H groups in total. The SMILES string of the molecule is CC.Cc1cccc2cc(B(O)O)sc12.Cc1cccc2ccsc12.S=S=S=S=S=S=S=S=S=S=S=S=S=S=S=S=S=S=S=S=S=S=S=S=S=S=S=S=S=S=S=S=S=S=S=S=S=S=S=S=S=S=S=S=S=S=S=S=S=S=S=S=S=S=S=S=S=S=S=S=S=S=S=S=S=S=S=S=S=S=S=S=S=S=S=S=S=S=S=S=S=S=S=S. The van der Waals surface area contributed by atoms with Gasteiger partial charge in [-0.25, -0.2) is 0 Å². The fourth-order valence-corrected chi connectivity index (χ4v) is 225. The number of fused-ring (bicyclic) bond motifs is 2. The molecule has 0 bridgehead atoms. The molecule has 2 nitrogen and oxygen atoms in total. The third kappa shape index (κ3) is 91.0. The molecule has 2 heterocycles. The fourth-order valence-electron chi connectivity index (χ4n) is 3.41. The predicted molar refractivity (Wildman–Crippen MR) is 733 cm³/mol. The molecule has 89 heteroatoms. The zero-order valence-electron chi connectivity index (χ0n) is 49.3. The van der Waals surface area contributed by atoms with E-state index in [4.69, 9.17) is 32.4 Å². The van der Waals surface area contributed by atoms with Crippen molar-refractivity contribution in [2.45, 2.75) is 27.7 Å². The van der Waals surface area contributed by atoms with E-state index in [2.05, 4.69) is 36.6 Å². The predicted octanol–water partition coefficient (Wildman–Crippen LogP) is 4.92. The van der Waals surface area contributed by atoms with Gasteiger partial charge in [0.05, 0.1) is 0 Å². The van der Waals surface area contributed by atoms with E-state index in [0.29, 0.717) is 4.78 Å². The van der Waals surface area contributed by atoms with E-state index in [1.807, 2.05) is 660 Å². The molecule has 0 spiro atoms. The van der Waals surface area contributed by atoms with E-state index in [1.54, 1.807) is 107 Å². The molecular weight excluding hydrogens is 3040 g/mol. The van der Waals surface area contributed by atoms with Crippen molar-refractivity contribution in [3.63, 3.8) is 0 Å². The Morgan fingerprint density at radius 1 is 0.229 bits per heavy atom. The number of hydrogen-bond donors (Lipinski definition) is 2. The molecular formula is C20H23BO2S86. The van der Waals surface area contributed by atoms with Gasteiger partial charge in [0.15, 0.2) is 0 Å². The minimum absolute atomic E-state index is 0.601. The molecule has 109 heavy (non-hydrogen) atoms. The highest BCUT2D eigenvalue weighted by Crippen LogP contribution is 2.24. The van der Waals surface area contributed by atoms with Gasteiger partial charge in [0.25, 0.3) is 0 Å². The Morgan fingerprint density at radius 3 is 0.550 bits per heavy atom. The molecule has 0 saturated carbocycles. The van der Waals surface area contributed by atoms with E-state index in [1.165, 1.54) is 50.3 Å². The lowest BCUT2D eigenvalue weighted by Gasteiger charge is -1.92. The van der Waals surface area contributed by atoms with E-state index in [0.717, 1.165) is 10.1 Å². The first-order valence-electron chi connectivity index (χ1n) is 22.2. The van der Waals surface area contributed by atoms with Crippen LogP contribution in [0, 0.1) is 13.8 Å². The van der Waals surface area contributed by atoms with Crippen LogP contribution in [-0.2, 0) is 751 Å². The van der Waals surface area contributed by atoms with Crippen molar-refractivity contribution in [1.82, 2.24) is 0 Å². The Morgan fingerprint density at radius 2 is 0.394 bits per heavy atom. The van der Waals surface area contributed by atoms with E-state index in [-0.39, 0.29) is 0 Å². The van der Waals surface area contributed by atoms with Crippen LogP contribution < -0.4 is 4.78 Å². The smallest absolute Gasteiger partial charge is 0.423 e. The van der Waals surface area contributed by atoms with Crippen LogP contribution in [0.1, 0.15) is 25.0 Å². The van der Waals surface area contributed by atoms with Crippen LogP contribution in [-0.4, -0.2) is 17.2 Å². The van der Waals surface area contributed by atoms with Gasteiger partial charge in [0.1, 0.15) is 0 Å². The minimum Gasteiger partial charge on any atom is -0.423 e. The molecule has 0 radical (unpaired) electrons. The molecule has 2 aromatic heterocycles. The van der Waals surface area contributed by atoms with Crippen LogP contribution in [0.25, 0.3) is 20.2 Å². The summed E-state index contributed by atoms with van der Waals surface area (Å²) in [7, 11) is 147. The number of benzene rings is 2. The van der Waals surface area contributed by atoms with Crippen molar-refractivity contribution in [3.8, 4) is 0 Å². The summed E-state index contributed by atoms with van der Waals surface area (Å²) < 4.78 is 3.15. The standard InChI is InChI=1S/C9H9BO2S.C9H8S.C2H6.S84/c1-6-3-2-4-7-5-8(10(11)12)13-9(6)7;1-7-3-2-4-8-5-6-10-9(7)8;1-2;1-3-5-7-9-11-13-15-17-19-21-23-25-27-29-31-33-35-37-39-41-43-45-47-49-51-53-55-57-59-61-63-65-67-69-71-73-75-77-79-81-83-84-82-80-78-76-74-72-70-68-66-64-62-60-58-56-54-52-50-48-46-44-42-40-38-36-34-32-30-28-26-24-22-20-18-16-14-12-10-8-6-4-2/h2-5,11-12H,1H3;2-6H,1H3;1-2H3;. The van der Waals surface area contributed by atoms with E-state index >= 15 is 0 Å². The minimum atomic E-state index is -1.35. The van der Waals surface area contributed by atoms with Crippen LogP contribution in [0.2, 0.25) is 0 Å². The summed E-state index contributed by atoms with van der Waals surface area (Å²) >= 11 is 12.9. The lowest BCUT2D eigenvalue weighted by Crippen LogP contribution is -2.26. The number of aryl methyl sites for hydroxylation is 2. The van der Waals surface area contributed by atoms with Gasteiger partial charge in [-0.2, -0.15) is 0 Å². The third-order valence-corrected chi connectivity index (χ3v) is 188. The summed E-state index contributed by atoms with van der Waals surface area (Å²) in [6.07, 6.45) is 0. The highest BCUT2D eigenvalue weighted by molar-refractivity contribution is 8.86. The topological polar surface area (TPSA) is 40.5 Å². The largest absolute Gasteiger partial charge is 0.499 e. The second-order valence-corrected chi connectivity index (χ2v) is 158. The highest BCUT2D eigenvalue weighted by atomic mass is 33.6. The Balaban J connectivity index is 0.00000195. The van der Waals surface area contributed by atoms with Crippen molar-refractivity contribution in [1.29, 1.82) is 0 Å². The van der Waals surface area contributed by atoms with Crippen molar-refractivity contribution < 1.29 is 10.0 Å². The van der Waals surface area contributed by atoms with Gasteiger partial charge in [0.2, 0.25) is 0 Å². The Kier molecular flexibility index (Phi) is 121. The monoisotopic (exact) mass is 3060 g/mol. The van der Waals surface area contributed by atoms with Crippen molar-refractivity contribution in [2.75, 3.05) is 0 Å². The van der Waals surface area contributed by atoms with Gasteiger partial charge in [-0.05, 0) is 53.3 Å². The summed E-state index contributed by atoms with van der Waals surface area (Å²) in [5, 5.41) is 22.5.